The van der Waals surface area contributed by atoms with E-state index in [2.05, 4.69) is 37.4 Å². The number of carbonyl (C=O) groups excluding carboxylic acids is 1. The van der Waals surface area contributed by atoms with Gasteiger partial charge in [-0.25, -0.2) is 0 Å². The average Bonchev–Trinajstić information content (AvgIpc) is 2.94. The van der Waals surface area contributed by atoms with Gasteiger partial charge >= 0.3 is 0 Å². The molecule has 0 saturated heterocycles. The summed E-state index contributed by atoms with van der Waals surface area (Å²) in [5.74, 6) is 0.872. The molecule has 1 heterocycles. The predicted octanol–water partition coefficient (Wildman–Crippen LogP) is 3.21. The van der Waals surface area contributed by atoms with Crippen molar-refractivity contribution in [2.24, 2.45) is 0 Å². The summed E-state index contributed by atoms with van der Waals surface area (Å²) in [6.45, 7) is 7.15. The SMILES string of the molecule is Cc1ccc(C(C)NC(=O)CN(C)Cc2ccco2)cc1C. The molecular formula is C18H24N2O2. The Labute approximate surface area is 132 Å². The molecule has 22 heavy (non-hydrogen) atoms. The molecule has 1 aromatic heterocycles. The number of hydrogen-bond donors (Lipinski definition) is 1. The number of benzene rings is 1. The third kappa shape index (κ3) is 4.46. The normalized spacial score (nSPS) is 12.4. The Kier molecular flexibility index (Phi) is 5.39. The van der Waals surface area contributed by atoms with E-state index in [4.69, 9.17) is 4.42 Å². The Balaban J connectivity index is 1.86. The van der Waals surface area contributed by atoms with Crippen LogP contribution >= 0.6 is 0 Å². The van der Waals surface area contributed by atoms with Gasteiger partial charge in [-0.1, -0.05) is 18.2 Å². The fourth-order valence-electron chi connectivity index (χ4n) is 2.37. The number of nitrogens with one attached hydrogen (secondary N) is 1. The molecule has 0 bridgehead atoms. The average molecular weight is 300 g/mol. The van der Waals surface area contributed by atoms with Gasteiger partial charge in [0.15, 0.2) is 0 Å². The number of likely N-dealkylation sites (N-methyl/N-ethyl adjacent to an activating group) is 1. The second-order valence-corrected chi connectivity index (χ2v) is 5.88. The molecule has 118 valence electrons. The number of aryl methyl sites for hydroxylation is 2. The first-order valence-electron chi connectivity index (χ1n) is 7.53. The van der Waals surface area contributed by atoms with Crippen molar-refractivity contribution in [2.75, 3.05) is 13.6 Å². The van der Waals surface area contributed by atoms with E-state index >= 15 is 0 Å². The molecule has 0 aliphatic carbocycles. The van der Waals surface area contributed by atoms with Crippen molar-refractivity contribution < 1.29 is 9.21 Å². The molecule has 0 spiro atoms. The van der Waals surface area contributed by atoms with Gasteiger partial charge in [-0.05, 0) is 56.6 Å². The smallest absolute Gasteiger partial charge is 0.234 e. The van der Waals surface area contributed by atoms with Crippen molar-refractivity contribution in [3.8, 4) is 0 Å². The maximum atomic E-state index is 12.1. The van der Waals surface area contributed by atoms with Gasteiger partial charge in [0.2, 0.25) is 5.91 Å². The van der Waals surface area contributed by atoms with Crippen molar-refractivity contribution in [1.29, 1.82) is 0 Å². The third-order valence-electron chi connectivity index (χ3n) is 3.83. The molecular weight excluding hydrogens is 276 g/mol. The largest absolute Gasteiger partial charge is 0.468 e. The summed E-state index contributed by atoms with van der Waals surface area (Å²) in [5.41, 5.74) is 3.64. The van der Waals surface area contributed by atoms with E-state index in [1.54, 1.807) is 6.26 Å². The van der Waals surface area contributed by atoms with Gasteiger partial charge in [-0.15, -0.1) is 0 Å². The lowest BCUT2D eigenvalue weighted by molar-refractivity contribution is -0.122. The first kappa shape index (κ1) is 16.3. The van der Waals surface area contributed by atoms with Crippen LogP contribution in [0.15, 0.2) is 41.0 Å². The van der Waals surface area contributed by atoms with Crippen molar-refractivity contribution in [3.05, 3.63) is 59.0 Å². The second-order valence-electron chi connectivity index (χ2n) is 5.88. The molecule has 1 N–H and O–H groups in total. The molecule has 1 atom stereocenters. The summed E-state index contributed by atoms with van der Waals surface area (Å²) in [5, 5.41) is 3.04. The third-order valence-corrected chi connectivity index (χ3v) is 3.83. The van der Waals surface area contributed by atoms with Crippen LogP contribution in [0.4, 0.5) is 0 Å². The van der Waals surface area contributed by atoms with E-state index in [1.165, 1.54) is 11.1 Å². The summed E-state index contributed by atoms with van der Waals surface area (Å²) in [4.78, 5) is 14.1. The molecule has 0 fully saturated rings. The van der Waals surface area contributed by atoms with Gasteiger partial charge < -0.3 is 9.73 Å². The predicted molar refractivity (Wildman–Crippen MR) is 87.5 cm³/mol. The van der Waals surface area contributed by atoms with Crippen LogP contribution in [-0.2, 0) is 11.3 Å². The Morgan fingerprint density at radius 1 is 1.27 bits per heavy atom. The molecule has 1 unspecified atom stereocenters. The first-order valence-corrected chi connectivity index (χ1v) is 7.53. The lowest BCUT2D eigenvalue weighted by Gasteiger charge is -2.19. The van der Waals surface area contributed by atoms with Gasteiger partial charge in [0, 0.05) is 0 Å². The van der Waals surface area contributed by atoms with Crippen LogP contribution in [0.5, 0.6) is 0 Å². The monoisotopic (exact) mass is 300 g/mol. The molecule has 4 nitrogen and oxygen atoms in total. The molecule has 0 radical (unpaired) electrons. The summed E-state index contributed by atoms with van der Waals surface area (Å²) >= 11 is 0. The first-order chi connectivity index (χ1) is 10.5. The van der Waals surface area contributed by atoms with Crippen molar-refractivity contribution in [3.63, 3.8) is 0 Å². The van der Waals surface area contributed by atoms with E-state index in [1.807, 2.05) is 31.0 Å². The highest BCUT2D eigenvalue weighted by molar-refractivity contribution is 5.78. The lowest BCUT2D eigenvalue weighted by atomic mass is 10.0. The van der Waals surface area contributed by atoms with Crippen LogP contribution in [0.1, 0.15) is 35.4 Å². The van der Waals surface area contributed by atoms with E-state index < -0.39 is 0 Å². The minimum atomic E-state index is 0.00353. The number of nitrogens with zero attached hydrogens (tertiary/aromatic N) is 1. The van der Waals surface area contributed by atoms with Crippen molar-refractivity contribution >= 4 is 5.91 Å². The molecule has 2 aromatic rings. The summed E-state index contributed by atoms with van der Waals surface area (Å²) in [6.07, 6.45) is 1.64. The van der Waals surface area contributed by atoms with Gasteiger partial charge in [-0.2, -0.15) is 0 Å². The zero-order valence-corrected chi connectivity index (χ0v) is 13.7. The fourth-order valence-corrected chi connectivity index (χ4v) is 2.37. The highest BCUT2D eigenvalue weighted by Crippen LogP contribution is 2.16. The zero-order valence-electron chi connectivity index (χ0n) is 13.7. The lowest BCUT2D eigenvalue weighted by Crippen LogP contribution is -2.36. The van der Waals surface area contributed by atoms with Gasteiger partial charge in [0.05, 0.1) is 25.4 Å². The quantitative estimate of drug-likeness (QED) is 0.891. The minimum absolute atomic E-state index is 0.00353. The Morgan fingerprint density at radius 3 is 2.68 bits per heavy atom. The topological polar surface area (TPSA) is 45.5 Å². The molecule has 2 rings (SSSR count). The Morgan fingerprint density at radius 2 is 2.05 bits per heavy atom. The molecule has 0 saturated carbocycles. The van der Waals surface area contributed by atoms with E-state index in [9.17, 15) is 4.79 Å². The van der Waals surface area contributed by atoms with Crippen LogP contribution in [0.25, 0.3) is 0 Å². The van der Waals surface area contributed by atoms with Crippen LogP contribution in [0.3, 0.4) is 0 Å². The molecule has 4 heteroatoms. The van der Waals surface area contributed by atoms with Gasteiger partial charge in [0.25, 0.3) is 0 Å². The van der Waals surface area contributed by atoms with E-state index in [0.717, 1.165) is 11.3 Å². The number of hydrogen-bond acceptors (Lipinski definition) is 3. The van der Waals surface area contributed by atoms with Crippen molar-refractivity contribution in [1.82, 2.24) is 10.2 Å². The highest BCUT2D eigenvalue weighted by Gasteiger charge is 2.13. The molecule has 1 amide bonds. The fraction of sp³-hybridized carbons (Fsp3) is 0.389. The maximum absolute atomic E-state index is 12.1. The van der Waals surface area contributed by atoms with Crippen molar-refractivity contribution in [2.45, 2.75) is 33.4 Å². The zero-order chi connectivity index (χ0) is 16.1. The molecule has 0 aliphatic rings. The van der Waals surface area contributed by atoms with Crippen LogP contribution in [-0.4, -0.2) is 24.4 Å². The number of amides is 1. The van der Waals surface area contributed by atoms with Crippen LogP contribution < -0.4 is 5.32 Å². The van der Waals surface area contributed by atoms with Gasteiger partial charge in [0.1, 0.15) is 5.76 Å². The number of rotatable bonds is 6. The van der Waals surface area contributed by atoms with E-state index in [-0.39, 0.29) is 11.9 Å². The molecule has 0 aliphatic heterocycles. The Hall–Kier alpha value is -2.07. The minimum Gasteiger partial charge on any atom is -0.468 e. The van der Waals surface area contributed by atoms with Gasteiger partial charge in [-0.3, -0.25) is 9.69 Å². The summed E-state index contributed by atoms with van der Waals surface area (Å²) in [6, 6.07) is 10.1. The van der Waals surface area contributed by atoms with E-state index in [0.29, 0.717) is 13.1 Å². The summed E-state index contributed by atoms with van der Waals surface area (Å²) in [7, 11) is 1.91. The Bertz CT molecular complexity index is 620. The maximum Gasteiger partial charge on any atom is 0.234 e. The number of carbonyl (C=O) groups is 1. The number of furan rings is 1. The second kappa shape index (κ2) is 7.27. The van der Waals surface area contributed by atoms with Crippen LogP contribution in [0, 0.1) is 13.8 Å². The highest BCUT2D eigenvalue weighted by atomic mass is 16.3. The van der Waals surface area contributed by atoms with Crippen LogP contribution in [0.2, 0.25) is 0 Å². The summed E-state index contributed by atoms with van der Waals surface area (Å²) < 4.78 is 5.29. The standard InChI is InChI=1S/C18H24N2O2/c1-13-7-8-16(10-14(13)2)15(3)19-18(21)12-20(4)11-17-6-5-9-22-17/h5-10,15H,11-12H2,1-4H3,(H,19,21). The molecule has 1 aromatic carbocycles.